The number of nitrogens with two attached hydrogens (primary N) is 1. The molecule has 3 aromatic rings. The lowest BCUT2D eigenvalue weighted by Crippen LogP contribution is -2.43. The van der Waals surface area contributed by atoms with Gasteiger partial charge in [0, 0.05) is 45.8 Å². The molecule has 5 nitrogen and oxygen atoms in total. The molecule has 1 fully saturated rings. The van der Waals surface area contributed by atoms with Gasteiger partial charge in [0.25, 0.3) is 0 Å². The summed E-state index contributed by atoms with van der Waals surface area (Å²) in [5.74, 6) is -0.524. The molecule has 140 valence electrons. The molecule has 2 heterocycles. The minimum Gasteiger partial charge on any atom is -0.369 e. The molecule has 2 amide bonds. The maximum absolute atomic E-state index is 12.9. The van der Waals surface area contributed by atoms with Crippen molar-refractivity contribution in [2.24, 2.45) is 11.7 Å². The number of piperidine rings is 1. The van der Waals surface area contributed by atoms with Crippen LogP contribution in [0.3, 0.4) is 0 Å². The lowest BCUT2D eigenvalue weighted by atomic mass is 9.93. The average molecular weight is 384 g/mol. The number of hydrogen-bond acceptors (Lipinski definition) is 2. The van der Waals surface area contributed by atoms with E-state index in [9.17, 15) is 9.59 Å². The van der Waals surface area contributed by atoms with Crippen LogP contribution in [-0.4, -0.2) is 34.8 Å². The van der Waals surface area contributed by atoms with Crippen LogP contribution in [0.25, 0.3) is 21.8 Å². The SMILES string of the molecule is CC(C(=O)N1CCC(C(N)=O)CC1)c1ccc2c(c1)[nH]c1ccc(Cl)cc12. The molecule has 0 bridgehead atoms. The van der Waals surface area contributed by atoms with E-state index in [0.717, 1.165) is 27.4 Å². The Labute approximate surface area is 162 Å². The maximum Gasteiger partial charge on any atom is 0.229 e. The lowest BCUT2D eigenvalue weighted by molar-refractivity contribution is -0.135. The highest BCUT2D eigenvalue weighted by molar-refractivity contribution is 6.31. The van der Waals surface area contributed by atoms with Crippen molar-refractivity contribution in [1.29, 1.82) is 0 Å². The Morgan fingerprint density at radius 3 is 2.56 bits per heavy atom. The van der Waals surface area contributed by atoms with Gasteiger partial charge in [-0.25, -0.2) is 0 Å². The van der Waals surface area contributed by atoms with Crippen molar-refractivity contribution in [3.8, 4) is 0 Å². The summed E-state index contributed by atoms with van der Waals surface area (Å²) in [5, 5.41) is 2.88. The van der Waals surface area contributed by atoms with Crippen molar-refractivity contribution in [3.63, 3.8) is 0 Å². The summed E-state index contributed by atoms with van der Waals surface area (Å²) in [6, 6.07) is 11.9. The molecule has 0 saturated carbocycles. The van der Waals surface area contributed by atoms with Crippen LogP contribution in [-0.2, 0) is 9.59 Å². The number of hydrogen-bond donors (Lipinski definition) is 2. The van der Waals surface area contributed by atoms with Gasteiger partial charge in [-0.3, -0.25) is 9.59 Å². The molecular weight excluding hydrogens is 362 g/mol. The quantitative estimate of drug-likeness (QED) is 0.721. The van der Waals surface area contributed by atoms with Gasteiger partial charge in [0.15, 0.2) is 0 Å². The zero-order valence-electron chi connectivity index (χ0n) is 15.2. The van der Waals surface area contributed by atoms with Crippen LogP contribution >= 0.6 is 11.6 Å². The number of rotatable bonds is 3. The normalized spacial score (nSPS) is 16.7. The Hall–Kier alpha value is -2.53. The number of amides is 2. The molecular formula is C21H22ClN3O2. The molecule has 1 unspecified atom stereocenters. The van der Waals surface area contributed by atoms with E-state index in [0.29, 0.717) is 31.0 Å². The van der Waals surface area contributed by atoms with Gasteiger partial charge in [-0.05, 0) is 49.6 Å². The molecule has 27 heavy (non-hydrogen) atoms. The fraction of sp³-hybridized carbons (Fsp3) is 0.333. The minimum absolute atomic E-state index is 0.0939. The Bertz CT molecular complexity index is 1030. The van der Waals surface area contributed by atoms with Crippen molar-refractivity contribution in [1.82, 2.24) is 9.88 Å². The van der Waals surface area contributed by atoms with Crippen LogP contribution in [0.1, 0.15) is 31.2 Å². The van der Waals surface area contributed by atoms with E-state index < -0.39 is 0 Å². The highest BCUT2D eigenvalue weighted by atomic mass is 35.5. The minimum atomic E-state index is -0.264. The number of nitrogens with one attached hydrogen (secondary N) is 1. The van der Waals surface area contributed by atoms with E-state index in [1.807, 2.05) is 48.2 Å². The standard InChI is InChI=1S/C21H22ClN3O2/c1-12(21(27)25-8-6-13(7-9-25)20(23)26)14-2-4-16-17-11-15(22)3-5-18(17)24-19(16)10-14/h2-5,10-13,24H,6-9H2,1H3,(H2,23,26). The predicted molar refractivity (Wildman–Crippen MR) is 108 cm³/mol. The molecule has 4 rings (SSSR count). The van der Waals surface area contributed by atoms with Crippen LogP contribution < -0.4 is 5.73 Å². The molecule has 1 aliphatic rings. The summed E-state index contributed by atoms with van der Waals surface area (Å²) >= 11 is 6.12. The van der Waals surface area contributed by atoms with E-state index in [4.69, 9.17) is 17.3 Å². The lowest BCUT2D eigenvalue weighted by Gasteiger charge is -2.32. The fourth-order valence-corrected chi connectivity index (χ4v) is 4.14. The van der Waals surface area contributed by atoms with Gasteiger partial charge in [-0.1, -0.05) is 23.7 Å². The van der Waals surface area contributed by atoms with E-state index in [1.165, 1.54) is 0 Å². The Morgan fingerprint density at radius 2 is 1.85 bits per heavy atom. The molecule has 1 aromatic heterocycles. The Morgan fingerprint density at radius 1 is 1.11 bits per heavy atom. The number of aromatic amines is 1. The smallest absolute Gasteiger partial charge is 0.229 e. The second kappa shape index (κ2) is 6.89. The number of aromatic nitrogens is 1. The summed E-state index contributed by atoms with van der Waals surface area (Å²) in [4.78, 5) is 29.5. The zero-order chi connectivity index (χ0) is 19.1. The molecule has 0 aliphatic carbocycles. The van der Waals surface area contributed by atoms with Crippen LogP contribution in [0.15, 0.2) is 36.4 Å². The zero-order valence-corrected chi connectivity index (χ0v) is 15.9. The molecule has 1 saturated heterocycles. The van der Waals surface area contributed by atoms with Crippen LogP contribution in [0.5, 0.6) is 0 Å². The highest BCUT2D eigenvalue weighted by Crippen LogP contribution is 2.31. The van der Waals surface area contributed by atoms with Crippen LogP contribution in [0, 0.1) is 5.92 Å². The van der Waals surface area contributed by atoms with Gasteiger partial charge < -0.3 is 15.6 Å². The predicted octanol–water partition coefficient (Wildman–Crippen LogP) is 3.80. The van der Waals surface area contributed by atoms with Crippen molar-refractivity contribution >= 4 is 45.2 Å². The van der Waals surface area contributed by atoms with Crippen LogP contribution in [0.4, 0.5) is 0 Å². The number of nitrogens with zero attached hydrogens (tertiary/aromatic N) is 1. The summed E-state index contributed by atoms with van der Waals surface area (Å²) < 4.78 is 0. The molecule has 0 radical (unpaired) electrons. The first-order chi connectivity index (χ1) is 12.9. The topological polar surface area (TPSA) is 79.2 Å². The number of likely N-dealkylation sites (tertiary alicyclic amines) is 1. The van der Waals surface area contributed by atoms with E-state index in [1.54, 1.807) is 0 Å². The van der Waals surface area contributed by atoms with Gasteiger partial charge in [-0.15, -0.1) is 0 Å². The number of halogens is 1. The first-order valence-electron chi connectivity index (χ1n) is 9.23. The molecule has 0 spiro atoms. The van der Waals surface area contributed by atoms with Gasteiger partial charge in [0.05, 0.1) is 5.92 Å². The number of carbonyl (C=O) groups excluding carboxylic acids is 2. The first-order valence-corrected chi connectivity index (χ1v) is 9.61. The molecule has 6 heteroatoms. The second-order valence-electron chi connectivity index (χ2n) is 7.34. The van der Waals surface area contributed by atoms with Gasteiger partial charge in [0.2, 0.25) is 11.8 Å². The van der Waals surface area contributed by atoms with E-state index >= 15 is 0 Å². The number of benzene rings is 2. The van der Waals surface area contributed by atoms with Gasteiger partial charge in [-0.2, -0.15) is 0 Å². The maximum atomic E-state index is 12.9. The molecule has 3 N–H and O–H groups in total. The number of carbonyl (C=O) groups is 2. The summed E-state index contributed by atoms with van der Waals surface area (Å²) in [6.45, 7) is 3.11. The van der Waals surface area contributed by atoms with E-state index in [-0.39, 0.29) is 23.7 Å². The van der Waals surface area contributed by atoms with Crippen molar-refractivity contribution in [2.75, 3.05) is 13.1 Å². The molecule has 2 aromatic carbocycles. The van der Waals surface area contributed by atoms with Gasteiger partial charge >= 0.3 is 0 Å². The number of primary amides is 1. The largest absolute Gasteiger partial charge is 0.369 e. The van der Waals surface area contributed by atoms with Gasteiger partial charge in [0.1, 0.15) is 0 Å². The summed E-state index contributed by atoms with van der Waals surface area (Å²) in [5.41, 5.74) is 8.38. The third kappa shape index (κ3) is 3.28. The second-order valence-corrected chi connectivity index (χ2v) is 7.78. The third-order valence-corrected chi connectivity index (χ3v) is 5.90. The molecule has 1 aliphatic heterocycles. The summed E-state index contributed by atoms with van der Waals surface area (Å²) in [7, 11) is 0. The number of fused-ring (bicyclic) bond motifs is 3. The average Bonchev–Trinajstić information content (AvgIpc) is 3.03. The van der Waals surface area contributed by atoms with Crippen molar-refractivity contribution in [3.05, 3.63) is 47.0 Å². The summed E-state index contributed by atoms with van der Waals surface area (Å²) in [6.07, 6.45) is 1.30. The van der Waals surface area contributed by atoms with E-state index in [2.05, 4.69) is 4.98 Å². The monoisotopic (exact) mass is 383 g/mol. The van der Waals surface area contributed by atoms with Crippen molar-refractivity contribution < 1.29 is 9.59 Å². The third-order valence-electron chi connectivity index (χ3n) is 5.66. The van der Waals surface area contributed by atoms with Crippen molar-refractivity contribution in [2.45, 2.75) is 25.7 Å². The Kier molecular flexibility index (Phi) is 4.56. The molecule has 1 atom stereocenters. The Balaban J connectivity index is 1.57. The van der Waals surface area contributed by atoms with Crippen LogP contribution in [0.2, 0.25) is 5.02 Å². The highest BCUT2D eigenvalue weighted by Gasteiger charge is 2.29. The number of H-pyrrole nitrogens is 1. The fourth-order valence-electron chi connectivity index (χ4n) is 3.96. The first kappa shape index (κ1) is 17.9.